The van der Waals surface area contributed by atoms with Gasteiger partial charge in [0.1, 0.15) is 17.5 Å². The summed E-state index contributed by atoms with van der Waals surface area (Å²) in [5.41, 5.74) is 6.51. The van der Waals surface area contributed by atoms with Crippen molar-refractivity contribution in [3.8, 4) is 11.1 Å². The highest BCUT2D eigenvalue weighted by Gasteiger charge is 2.38. The Morgan fingerprint density at radius 2 is 1.69 bits per heavy atom. The topological polar surface area (TPSA) is 54.5 Å². The van der Waals surface area contributed by atoms with Gasteiger partial charge in [0.15, 0.2) is 0 Å². The van der Waals surface area contributed by atoms with Crippen LogP contribution >= 0.6 is 0 Å². The van der Waals surface area contributed by atoms with Crippen molar-refractivity contribution in [2.45, 2.75) is 25.4 Å². The number of carbonyl (C=O) groups is 1. The molecule has 2 heterocycles. The van der Waals surface area contributed by atoms with E-state index in [1.807, 2.05) is 42.5 Å². The smallest absolute Gasteiger partial charge is 0.255 e. The molecule has 0 saturated heterocycles. The van der Waals surface area contributed by atoms with Crippen molar-refractivity contribution < 1.29 is 18.4 Å². The van der Waals surface area contributed by atoms with E-state index in [1.165, 1.54) is 18.2 Å². The van der Waals surface area contributed by atoms with Crippen molar-refractivity contribution >= 4 is 11.7 Å². The summed E-state index contributed by atoms with van der Waals surface area (Å²) < 4.78 is 28.1. The predicted molar refractivity (Wildman–Crippen MR) is 134 cm³/mol. The normalized spacial score (nSPS) is 14.7. The molecule has 0 fully saturated rings. The number of nitrogens with zero attached hydrogens (tertiary/aromatic N) is 2. The molecule has 1 aliphatic rings. The largest absolute Gasteiger partial charge is 0.327 e. The van der Waals surface area contributed by atoms with Crippen molar-refractivity contribution in [2.24, 2.45) is 0 Å². The number of halogens is 2. The van der Waals surface area contributed by atoms with Crippen LogP contribution in [0.1, 0.15) is 40.4 Å². The SMILES string of the molecule is O=C1c2cccc(F)c2C(CCCONc2ccc(-c3ccccc3)cn2)N1Cc1ccc(F)cc1. The van der Waals surface area contributed by atoms with Gasteiger partial charge in [-0.05, 0) is 60.4 Å². The Balaban J connectivity index is 1.19. The van der Waals surface area contributed by atoms with Crippen LogP contribution in [-0.4, -0.2) is 22.4 Å². The third-order valence-corrected chi connectivity index (χ3v) is 6.29. The fourth-order valence-electron chi connectivity index (χ4n) is 4.51. The molecule has 0 saturated carbocycles. The Kier molecular flexibility index (Phi) is 7.00. The van der Waals surface area contributed by atoms with Crippen LogP contribution in [0.15, 0.2) is 91.1 Å². The molecule has 0 aliphatic carbocycles. The van der Waals surface area contributed by atoms with Gasteiger partial charge in [0, 0.05) is 29.4 Å². The van der Waals surface area contributed by atoms with E-state index in [1.54, 1.807) is 35.4 Å². The molecule has 0 radical (unpaired) electrons. The van der Waals surface area contributed by atoms with Gasteiger partial charge in [-0.1, -0.05) is 48.5 Å². The van der Waals surface area contributed by atoms with Gasteiger partial charge >= 0.3 is 0 Å². The Bertz CT molecular complexity index is 1330. The van der Waals surface area contributed by atoms with Gasteiger partial charge in [-0.25, -0.2) is 19.2 Å². The number of fused-ring (bicyclic) bond motifs is 1. The lowest BCUT2D eigenvalue weighted by Crippen LogP contribution is -2.28. The van der Waals surface area contributed by atoms with Crippen molar-refractivity contribution in [3.05, 3.63) is 119 Å². The standard InChI is InChI=1S/C29H25F2N3O2/c30-23-14-11-20(12-15-23)19-34-26(28-24(29(34)35)8-4-9-25(28)31)10-5-17-36-33-27-16-13-22(18-32-27)21-6-2-1-3-7-21/h1-4,6-9,11-16,18,26H,5,10,17,19H2,(H,32,33). The second-order valence-electron chi connectivity index (χ2n) is 8.67. The maximum absolute atomic E-state index is 14.8. The first-order chi connectivity index (χ1) is 17.6. The number of benzene rings is 3. The lowest BCUT2D eigenvalue weighted by Gasteiger charge is -2.26. The van der Waals surface area contributed by atoms with Crippen LogP contribution in [-0.2, 0) is 11.4 Å². The molecule has 1 N–H and O–H groups in total. The van der Waals surface area contributed by atoms with Crippen LogP contribution in [0, 0.1) is 11.6 Å². The first kappa shape index (κ1) is 23.6. The summed E-state index contributed by atoms with van der Waals surface area (Å²) in [6.07, 6.45) is 2.88. The summed E-state index contributed by atoms with van der Waals surface area (Å²) in [6.45, 7) is 0.621. The zero-order valence-electron chi connectivity index (χ0n) is 19.5. The first-order valence-corrected chi connectivity index (χ1v) is 11.8. The number of rotatable bonds is 9. The van der Waals surface area contributed by atoms with Gasteiger partial charge in [0.25, 0.3) is 5.91 Å². The third-order valence-electron chi connectivity index (χ3n) is 6.29. The second kappa shape index (κ2) is 10.7. The minimum absolute atomic E-state index is 0.222. The van der Waals surface area contributed by atoms with E-state index in [-0.39, 0.29) is 18.3 Å². The molecular weight excluding hydrogens is 460 g/mol. The molecule has 0 spiro atoms. The number of nitrogens with one attached hydrogen (secondary N) is 1. The van der Waals surface area contributed by atoms with Crippen LogP contribution in [0.25, 0.3) is 11.1 Å². The van der Waals surface area contributed by atoms with E-state index in [9.17, 15) is 13.6 Å². The van der Waals surface area contributed by atoms with Crippen LogP contribution in [0.4, 0.5) is 14.6 Å². The molecule has 1 aliphatic heterocycles. The van der Waals surface area contributed by atoms with E-state index in [4.69, 9.17) is 4.84 Å². The summed E-state index contributed by atoms with van der Waals surface area (Å²) in [7, 11) is 0. The quantitative estimate of drug-likeness (QED) is 0.216. The number of amides is 1. The second-order valence-corrected chi connectivity index (χ2v) is 8.67. The van der Waals surface area contributed by atoms with Gasteiger partial charge in [-0.2, -0.15) is 0 Å². The lowest BCUT2D eigenvalue weighted by atomic mass is 10.00. The number of pyridine rings is 1. The fourth-order valence-corrected chi connectivity index (χ4v) is 4.51. The molecule has 7 heteroatoms. The maximum atomic E-state index is 14.8. The average Bonchev–Trinajstić information content (AvgIpc) is 3.18. The summed E-state index contributed by atoms with van der Waals surface area (Å²) in [5, 5.41) is 0. The molecule has 0 bridgehead atoms. The molecule has 1 unspecified atom stereocenters. The highest BCUT2D eigenvalue weighted by Crippen LogP contribution is 2.39. The van der Waals surface area contributed by atoms with E-state index in [0.29, 0.717) is 36.4 Å². The van der Waals surface area contributed by atoms with Crippen molar-refractivity contribution in [1.82, 2.24) is 9.88 Å². The average molecular weight is 486 g/mol. The van der Waals surface area contributed by atoms with Gasteiger partial charge < -0.3 is 4.90 Å². The van der Waals surface area contributed by atoms with Gasteiger partial charge in [0.05, 0.1) is 12.6 Å². The van der Waals surface area contributed by atoms with Crippen LogP contribution < -0.4 is 5.48 Å². The minimum atomic E-state index is -0.425. The molecular formula is C29H25F2N3O2. The van der Waals surface area contributed by atoms with E-state index in [0.717, 1.165) is 16.7 Å². The first-order valence-electron chi connectivity index (χ1n) is 11.8. The van der Waals surface area contributed by atoms with Crippen molar-refractivity contribution in [2.75, 3.05) is 12.1 Å². The number of hydrogen-bond acceptors (Lipinski definition) is 4. The summed E-state index contributed by atoms with van der Waals surface area (Å²) in [5.74, 6) is -0.374. The molecule has 4 aromatic rings. The number of aromatic nitrogens is 1. The lowest BCUT2D eigenvalue weighted by molar-refractivity contribution is 0.0688. The monoisotopic (exact) mass is 485 g/mol. The summed E-state index contributed by atoms with van der Waals surface area (Å²) in [4.78, 5) is 24.7. The third kappa shape index (κ3) is 5.11. The highest BCUT2D eigenvalue weighted by atomic mass is 19.1. The van der Waals surface area contributed by atoms with Gasteiger partial charge in [-0.15, -0.1) is 0 Å². The number of carbonyl (C=O) groups excluding carboxylic acids is 1. The van der Waals surface area contributed by atoms with E-state index >= 15 is 0 Å². The Labute approximate surface area is 208 Å². The predicted octanol–water partition coefficient (Wildman–Crippen LogP) is 6.55. The minimum Gasteiger partial charge on any atom is -0.327 e. The van der Waals surface area contributed by atoms with E-state index in [2.05, 4.69) is 10.5 Å². The van der Waals surface area contributed by atoms with Crippen molar-refractivity contribution in [1.29, 1.82) is 0 Å². The molecule has 182 valence electrons. The molecule has 3 aromatic carbocycles. The zero-order chi connectivity index (χ0) is 24.9. The molecule has 5 nitrogen and oxygen atoms in total. The highest BCUT2D eigenvalue weighted by molar-refractivity contribution is 5.99. The zero-order valence-corrected chi connectivity index (χ0v) is 19.5. The molecule has 1 aromatic heterocycles. The van der Waals surface area contributed by atoms with Crippen LogP contribution in [0.2, 0.25) is 0 Å². The molecule has 5 rings (SSSR count). The van der Waals surface area contributed by atoms with E-state index < -0.39 is 11.9 Å². The summed E-state index contributed by atoms with van der Waals surface area (Å²) in [6, 6.07) is 23.9. The molecule has 1 amide bonds. The van der Waals surface area contributed by atoms with Crippen LogP contribution in [0.3, 0.4) is 0 Å². The van der Waals surface area contributed by atoms with Gasteiger partial charge in [0.2, 0.25) is 0 Å². The fraction of sp³-hybridized carbons (Fsp3) is 0.172. The maximum Gasteiger partial charge on any atom is 0.255 e. The number of hydrogen-bond donors (Lipinski definition) is 1. The molecule has 36 heavy (non-hydrogen) atoms. The molecule has 1 atom stereocenters. The Morgan fingerprint density at radius 3 is 2.44 bits per heavy atom. The van der Waals surface area contributed by atoms with Crippen molar-refractivity contribution in [3.63, 3.8) is 0 Å². The van der Waals surface area contributed by atoms with Crippen LogP contribution in [0.5, 0.6) is 0 Å². The summed E-state index contributed by atoms with van der Waals surface area (Å²) >= 11 is 0. The Morgan fingerprint density at radius 1 is 0.889 bits per heavy atom. The van der Waals surface area contributed by atoms with Gasteiger partial charge in [-0.3, -0.25) is 9.63 Å². The number of anilines is 1. The Hall–Kier alpha value is -4.10.